The van der Waals surface area contributed by atoms with Crippen molar-refractivity contribution in [1.29, 1.82) is 0 Å². The van der Waals surface area contributed by atoms with Crippen LogP contribution in [-0.2, 0) is 6.42 Å². The molecule has 1 aromatic carbocycles. The van der Waals surface area contributed by atoms with E-state index in [9.17, 15) is 0 Å². The summed E-state index contributed by atoms with van der Waals surface area (Å²) in [5, 5.41) is 4.59. The van der Waals surface area contributed by atoms with Crippen LogP contribution in [0.2, 0.25) is 10.0 Å². The second-order valence-electron chi connectivity index (χ2n) is 5.16. The third kappa shape index (κ3) is 3.65. The van der Waals surface area contributed by atoms with Gasteiger partial charge in [0.05, 0.1) is 10.0 Å². The fraction of sp³-hybridized carbons (Fsp3) is 0.538. The molecule has 0 saturated carbocycles. The first-order valence-electron chi connectivity index (χ1n) is 5.46. The van der Waals surface area contributed by atoms with Crippen molar-refractivity contribution in [2.75, 3.05) is 7.05 Å². The summed E-state index contributed by atoms with van der Waals surface area (Å²) >= 11 is 11.9. The number of halogens is 2. The minimum atomic E-state index is 0.223. The lowest BCUT2D eigenvalue weighted by atomic mass is 9.83. The second kappa shape index (κ2) is 5.39. The van der Waals surface area contributed by atoms with Crippen LogP contribution in [0.5, 0.6) is 0 Å². The Morgan fingerprint density at radius 3 is 2.25 bits per heavy atom. The molecule has 0 aliphatic carbocycles. The van der Waals surface area contributed by atoms with E-state index in [-0.39, 0.29) is 5.41 Å². The van der Waals surface area contributed by atoms with Crippen molar-refractivity contribution < 1.29 is 0 Å². The first-order chi connectivity index (χ1) is 7.34. The number of hydrogen-bond donors (Lipinski definition) is 1. The van der Waals surface area contributed by atoms with E-state index in [0.29, 0.717) is 16.1 Å². The summed E-state index contributed by atoms with van der Waals surface area (Å²) in [4.78, 5) is 0. The fourth-order valence-corrected chi connectivity index (χ4v) is 2.06. The zero-order valence-corrected chi connectivity index (χ0v) is 11.8. The highest BCUT2D eigenvalue weighted by atomic mass is 35.5. The van der Waals surface area contributed by atoms with Crippen molar-refractivity contribution in [3.63, 3.8) is 0 Å². The molecular formula is C13H19Cl2N. The third-order valence-corrected chi connectivity index (χ3v) is 3.56. The van der Waals surface area contributed by atoms with Gasteiger partial charge in [0.15, 0.2) is 0 Å². The average Bonchev–Trinajstić information content (AvgIpc) is 2.18. The van der Waals surface area contributed by atoms with Crippen molar-refractivity contribution in [2.45, 2.75) is 33.2 Å². The normalized spacial score (nSPS) is 13.9. The Morgan fingerprint density at radius 2 is 1.81 bits per heavy atom. The number of benzene rings is 1. The maximum absolute atomic E-state index is 6.00. The molecule has 3 heteroatoms. The van der Waals surface area contributed by atoms with Crippen LogP contribution in [0.3, 0.4) is 0 Å². The first kappa shape index (κ1) is 13.8. The highest BCUT2D eigenvalue weighted by Crippen LogP contribution is 2.26. The lowest BCUT2D eigenvalue weighted by Gasteiger charge is -2.30. The van der Waals surface area contributed by atoms with Crippen LogP contribution in [0.1, 0.15) is 26.3 Å². The molecule has 0 radical (unpaired) electrons. The molecule has 0 aliphatic heterocycles. The van der Waals surface area contributed by atoms with Gasteiger partial charge >= 0.3 is 0 Å². The molecule has 1 nitrogen and oxygen atoms in total. The Bertz CT molecular complexity index is 355. The Labute approximate surface area is 108 Å². The lowest BCUT2D eigenvalue weighted by Crippen LogP contribution is -2.39. The Hall–Kier alpha value is -0.240. The quantitative estimate of drug-likeness (QED) is 0.860. The van der Waals surface area contributed by atoms with E-state index in [0.717, 1.165) is 6.42 Å². The standard InChI is InChI=1S/C13H19Cl2N/c1-13(2,3)12(16-4)8-9-5-6-10(14)11(15)7-9/h5-7,12,16H,8H2,1-4H3. The van der Waals surface area contributed by atoms with Crippen LogP contribution in [0.25, 0.3) is 0 Å². The van der Waals surface area contributed by atoms with E-state index >= 15 is 0 Å². The summed E-state index contributed by atoms with van der Waals surface area (Å²) < 4.78 is 0. The summed E-state index contributed by atoms with van der Waals surface area (Å²) in [5.74, 6) is 0. The topological polar surface area (TPSA) is 12.0 Å². The number of likely N-dealkylation sites (N-methyl/N-ethyl adjacent to an activating group) is 1. The molecule has 0 bridgehead atoms. The van der Waals surface area contributed by atoms with Gasteiger partial charge in [-0.25, -0.2) is 0 Å². The molecule has 1 aromatic rings. The minimum absolute atomic E-state index is 0.223. The van der Waals surface area contributed by atoms with Gasteiger partial charge in [-0.2, -0.15) is 0 Å². The lowest BCUT2D eigenvalue weighted by molar-refractivity contribution is 0.280. The molecule has 1 rings (SSSR count). The molecule has 16 heavy (non-hydrogen) atoms. The highest BCUT2D eigenvalue weighted by molar-refractivity contribution is 6.42. The van der Waals surface area contributed by atoms with Gasteiger partial charge < -0.3 is 5.32 Å². The fourth-order valence-electron chi connectivity index (χ4n) is 1.74. The molecule has 0 aromatic heterocycles. The molecule has 1 atom stereocenters. The van der Waals surface area contributed by atoms with Crippen molar-refractivity contribution in [3.05, 3.63) is 33.8 Å². The largest absolute Gasteiger partial charge is 0.316 e. The molecule has 0 heterocycles. The summed E-state index contributed by atoms with van der Waals surface area (Å²) in [6.45, 7) is 6.68. The van der Waals surface area contributed by atoms with Crippen LogP contribution < -0.4 is 5.32 Å². The maximum atomic E-state index is 6.00. The van der Waals surface area contributed by atoms with Gasteiger partial charge in [-0.1, -0.05) is 50.0 Å². The first-order valence-corrected chi connectivity index (χ1v) is 6.21. The van der Waals surface area contributed by atoms with Crippen LogP contribution in [0.4, 0.5) is 0 Å². The van der Waals surface area contributed by atoms with Gasteiger partial charge in [-0.15, -0.1) is 0 Å². The molecule has 90 valence electrons. The average molecular weight is 260 g/mol. The molecule has 1 N–H and O–H groups in total. The van der Waals surface area contributed by atoms with Crippen molar-refractivity contribution in [2.24, 2.45) is 5.41 Å². The van der Waals surface area contributed by atoms with Crippen LogP contribution in [0, 0.1) is 5.41 Å². The Balaban J connectivity index is 2.83. The van der Waals surface area contributed by atoms with Crippen LogP contribution in [-0.4, -0.2) is 13.1 Å². The van der Waals surface area contributed by atoms with Gasteiger partial charge in [0, 0.05) is 6.04 Å². The molecule has 1 unspecified atom stereocenters. The monoisotopic (exact) mass is 259 g/mol. The van der Waals surface area contributed by atoms with E-state index in [1.165, 1.54) is 5.56 Å². The predicted octanol–water partition coefficient (Wildman–Crippen LogP) is 4.17. The van der Waals surface area contributed by atoms with Gasteiger partial charge in [0.2, 0.25) is 0 Å². The van der Waals surface area contributed by atoms with Gasteiger partial charge in [0.25, 0.3) is 0 Å². The zero-order valence-electron chi connectivity index (χ0n) is 10.3. The van der Waals surface area contributed by atoms with E-state index in [1.54, 1.807) is 0 Å². The summed E-state index contributed by atoms with van der Waals surface area (Å²) in [7, 11) is 1.99. The number of rotatable bonds is 3. The van der Waals surface area contributed by atoms with Gasteiger partial charge in [-0.05, 0) is 36.6 Å². The van der Waals surface area contributed by atoms with Crippen LogP contribution >= 0.6 is 23.2 Å². The molecule has 0 spiro atoms. The van der Waals surface area contributed by atoms with Crippen molar-refractivity contribution >= 4 is 23.2 Å². The Kier molecular flexibility index (Phi) is 4.66. The van der Waals surface area contributed by atoms with Gasteiger partial charge in [-0.3, -0.25) is 0 Å². The van der Waals surface area contributed by atoms with Crippen molar-refractivity contribution in [1.82, 2.24) is 5.32 Å². The smallest absolute Gasteiger partial charge is 0.0595 e. The molecular weight excluding hydrogens is 241 g/mol. The van der Waals surface area contributed by atoms with E-state index < -0.39 is 0 Å². The van der Waals surface area contributed by atoms with Crippen LogP contribution in [0.15, 0.2) is 18.2 Å². The summed E-state index contributed by atoms with van der Waals surface area (Å²) in [6, 6.07) is 6.25. The van der Waals surface area contributed by atoms with E-state index in [2.05, 4.69) is 26.1 Å². The highest BCUT2D eigenvalue weighted by Gasteiger charge is 2.23. The zero-order chi connectivity index (χ0) is 12.3. The Morgan fingerprint density at radius 1 is 1.19 bits per heavy atom. The van der Waals surface area contributed by atoms with Gasteiger partial charge in [0.1, 0.15) is 0 Å². The van der Waals surface area contributed by atoms with E-state index in [4.69, 9.17) is 23.2 Å². The molecule has 0 aliphatic rings. The minimum Gasteiger partial charge on any atom is -0.316 e. The van der Waals surface area contributed by atoms with Crippen molar-refractivity contribution in [3.8, 4) is 0 Å². The maximum Gasteiger partial charge on any atom is 0.0595 e. The summed E-state index contributed by atoms with van der Waals surface area (Å²) in [6.07, 6.45) is 0.955. The molecule has 0 amide bonds. The SMILES string of the molecule is CNC(Cc1ccc(Cl)c(Cl)c1)C(C)(C)C. The van der Waals surface area contributed by atoms with E-state index in [1.807, 2.05) is 25.2 Å². The second-order valence-corrected chi connectivity index (χ2v) is 5.97. The third-order valence-electron chi connectivity index (χ3n) is 2.82. The number of nitrogens with one attached hydrogen (secondary N) is 1. The molecule has 0 saturated heterocycles. The predicted molar refractivity (Wildman–Crippen MR) is 72.5 cm³/mol. The summed E-state index contributed by atoms with van der Waals surface area (Å²) in [5.41, 5.74) is 1.43. The molecule has 0 fully saturated rings. The number of hydrogen-bond acceptors (Lipinski definition) is 1.